The van der Waals surface area contributed by atoms with Crippen LogP contribution in [0.15, 0.2) is 48.5 Å². The summed E-state index contributed by atoms with van der Waals surface area (Å²) in [6, 6.07) is 12.0. The van der Waals surface area contributed by atoms with E-state index in [0.717, 1.165) is 11.6 Å². The first-order valence-corrected chi connectivity index (χ1v) is 11.6. The second-order valence-electron chi connectivity index (χ2n) is 8.10. The average molecular weight is 455 g/mol. The highest BCUT2D eigenvalue weighted by Gasteiger charge is 2.47. The third kappa shape index (κ3) is 6.30. The summed E-state index contributed by atoms with van der Waals surface area (Å²) in [5, 5.41) is 2.76. The molecule has 0 saturated heterocycles. The Balaban J connectivity index is 1.55. The minimum absolute atomic E-state index is 0.139. The molecule has 1 aliphatic carbocycles. The number of alkyl halides is 3. The van der Waals surface area contributed by atoms with Crippen LogP contribution in [0.1, 0.15) is 48.4 Å². The van der Waals surface area contributed by atoms with Crippen molar-refractivity contribution >= 4 is 15.9 Å². The van der Waals surface area contributed by atoms with Crippen LogP contribution in [0.4, 0.5) is 13.2 Å². The molecule has 5 nitrogen and oxygen atoms in total. The third-order valence-corrected chi connectivity index (χ3v) is 6.60. The average Bonchev–Trinajstić information content (AvgIpc) is 3.46. The van der Waals surface area contributed by atoms with E-state index in [9.17, 15) is 26.4 Å². The Bertz CT molecular complexity index is 1030. The molecule has 2 aromatic rings. The van der Waals surface area contributed by atoms with E-state index < -0.39 is 33.6 Å². The molecule has 31 heavy (non-hydrogen) atoms. The maximum Gasteiger partial charge on any atom is 0.416 e. The number of hydrogen-bond donors (Lipinski definition) is 2. The van der Waals surface area contributed by atoms with Crippen molar-refractivity contribution in [2.75, 3.05) is 0 Å². The van der Waals surface area contributed by atoms with Crippen molar-refractivity contribution in [2.24, 2.45) is 5.92 Å². The fourth-order valence-corrected chi connectivity index (χ4v) is 5.03. The molecule has 2 atom stereocenters. The Morgan fingerprint density at radius 3 is 2.29 bits per heavy atom. The van der Waals surface area contributed by atoms with Crippen molar-refractivity contribution in [2.45, 2.75) is 50.7 Å². The van der Waals surface area contributed by atoms with Crippen molar-refractivity contribution < 1.29 is 26.4 Å². The highest BCUT2D eigenvalue weighted by atomic mass is 32.2. The first kappa shape index (κ1) is 23.3. The van der Waals surface area contributed by atoms with E-state index in [1.807, 2.05) is 0 Å². The molecule has 0 heterocycles. The summed E-state index contributed by atoms with van der Waals surface area (Å²) in [6.07, 6.45) is -4.06. The minimum atomic E-state index is -4.44. The van der Waals surface area contributed by atoms with Gasteiger partial charge in [0.25, 0.3) is 0 Å². The van der Waals surface area contributed by atoms with Gasteiger partial charge in [-0.05, 0) is 48.9 Å². The SMILES string of the molecule is CC(C)NS(=O)(=O)Cc1ccc(CNC(=O)C2CC2c2ccccc2C(F)(F)F)cc1. The molecule has 0 aromatic heterocycles. The van der Waals surface area contributed by atoms with Gasteiger partial charge in [-0.3, -0.25) is 4.79 Å². The Morgan fingerprint density at radius 2 is 1.68 bits per heavy atom. The molecule has 2 aromatic carbocycles. The predicted octanol–water partition coefficient (Wildman–Crippen LogP) is 3.95. The molecule has 0 bridgehead atoms. The molecule has 1 saturated carbocycles. The smallest absolute Gasteiger partial charge is 0.352 e. The van der Waals surface area contributed by atoms with Crippen LogP contribution in [0.2, 0.25) is 0 Å². The molecule has 1 amide bonds. The topological polar surface area (TPSA) is 75.3 Å². The van der Waals surface area contributed by atoms with E-state index in [1.54, 1.807) is 44.2 Å². The van der Waals surface area contributed by atoms with Gasteiger partial charge in [-0.1, -0.05) is 42.5 Å². The van der Waals surface area contributed by atoms with Gasteiger partial charge in [-0.15, -0.1) is 0 Å². The third-order valence-electron chi connectivity index (χ3n) is 5.05. The molecule has 2 unspecified atom stereocenters. The predicted molar refractivity (Wildman–Crippen MR) is 111 cm³/mol. The van der Waals surface area contributed by atoms with Gasteiger partial charge >= 0.3 is 6.18 Å². The molecular weight excluding hydrogens is 429 g/mol. The number of carbonyl (C=O) groups excluding carboxylic acids is 1. The molecule has 0 spiro atoms. The number of carbonyl (C=O) groups is 1. The van der Waals surface area contributed by atoms with Crippen molar-refractivity contribution in [3.05, 3.63) is 70.8 Å². The zero-order chi connectivity index (χ0) is 22.8. The second-order valence-corrected chi connectivity index (χ2v) is 9.85. The minimum Gasteiger partial charge on any atom is -0.352 e. The van der Waals surface area contributed by atoms with Gasteiger partial charge in [0.15, 0.2) is 0 Å². The lowest BCUT2D eigenvalue weighted by atomic mass is 10.0. The molecule has 1 fully saturated rings. The highest BCUT2D eigenvalue weighted by molar-refractivity contribution is 7.88. The fraction of sp³-hybridized carbons (Fsp3) is 0.409. The molecule has 3 rings (SSSR count). The molecule has 168 valence electrons. The maximum absolute atomic E-state index is 13.2. The lowest BCUT2D eigenvalue weighted by molar-refractivity contribution is -0.138. The van der Waals surface area contributed by atoms with Crippen LogP contribution in [0, 0.1) is 5.92 Å². The van der Waals surface area contributed by atoms with Crippen LogP contribution in [-0.4, -0.2) is 20.4 Å². The molecule has 2 N–H and O–H groups in total. The van der Waals surface area contributed by atoms with Crippen molar-refractivity contribution in [1.82, 2.24) is 10.0 Å². The molecule has 0 aliphatic heterocycles. The first-order chi connectivity index (χ1) is 14.5. The number of halogens is 3. The normalized spacial score (nSPS) is 18.8. The lowest BCUT2D eigenvalue weighted by Gasteiger charge is -2.12. The molecule has 1 aliphatic rings. The first-order valence-electron chi connectivity index (χ1n) is 9.98. The Hall–Kier alpha value is -2.39. The highest BCUT2D eigenvalue weighted by Crippen LogP contribution is 2.51. The number of sulfonamides is 1. The molecular formula is C22H25F3N2O3S. The van der Waals surface area contributed by atoms with Gasteiger partial charge in [0.2, 0.25) is 15.9 Å². The van der Waals surface area contributed by atoms with Crippen LogP contribution >= 0.6 is 0 Å². The van der Waals surface area contributed by atoms with Crippen LogP contribution in [-0.2, 0) is 33.3 Å². The Morgan fingerprint density at radius 1 is 1.06 bits per heavy atom. The van der Waals surface area contributed by atoms with E-state index in [1.165, 1.54) is 12.1 Å². The zero-order valence-corrected chi connectivity index (χ0v) is 18.1. The van der Waals surface area contributed by atoms with Crippen molar-refractivity contribution in [1.29, 1.82) is 0 Å². The van der Waals surface area contributed by atoms with Gasteiger partial charge in [-0.2, -0.15) is 13.2 Å². The molecule has 0 radical (unpaired) electrons. The lowest BCUT2D eigenvalue weighted by Crippen LogP contribution is -2.31. The quantitative estimate of drug-likeness (QED) is 0.634. The van der Waals surface area contributed by atoms with E-state index >= 15 is 0 Å². The van der Waals surface area contributed by atoms with Gasteiger partial charge in [-0.25, -0.2) is 13.1 Å². The van der Waals surface area contributed by atoms with Crippen LogP contribution < -0.4 is 10.0 Å². The van der Waals surface area contributed by atoms with Gasteiger partial charge in [0.1, 0.15) is 0 Å². The summed E-state index contributed by atoms with van der Waals surface area (Å²) in [5.41, 5.74) is 0.872. The van der Waals surface area contributed by atoms with E-state index in [-0.39, 0.29) is 29.8 Å². The van der Waals surface area contributed by atoms with Crippen LogP contribution in [0.25, 0.3) is 0 Å². The maximum atomic E-state index is 13.2. The van der Waals surface area contributed by atoms with Crippen molar-refractivity contribution in [3.63, 3.8) is 0 Å². The van der Waals surface area contributed by atoms with Gasteiger partial charge in [0, 0.05) is 18.5 Å². The summed E-state index contributed by atoms with van der Waals surface area (Å²) in [5.74, 6) is -1.33. The summed E-state index contributed by atoms with van der Waals surface area (Å²) < 4.78 is 66.1. The summed E-state index contributed by atoms with van der Waals surface area (Å²) >= 11 is 0. The number of rotatable bonds is 8. The number of benzene rings is 2. The van der Waals surface area contributed by atoms with E-state index in [2.05, 4.69) is 10.0 Å². The molecule has 9 heteroatoms. The monoisotopic (exact) mass is 454 g/mol. The Kier molecular flexibility index (Phi) is 6.76. The second kappa shape index (κ2) is 9.00. The van der Waals surface area contributed by atoms with Gasteiger partial charge < -0.3 is 5.32 Å². The van der Waals surface area contributed by atoms with Gasteiger partial charge in [0.05, 0.1) is 11.3 Å². The number of hydrogen-bond acceptors (Lipinski definition) is 3. The standard InChI is InChI=1S/C22H25F3N2O3S/c1-14(2)27-31(29,30)13-16-9-7-15(8-10-16)12-26-21(28)19-11-18(19)17-5-3-4-6-20(17)22(23,24)25/h3-10,14,18-19,27H,11-13H2,1-2H3,(H,26,28). The van der Waals surface area contributed by atoms with Crippen LogP contribution in [0.3, 0.4) is 0 Å². The summed E-state index contributed by atoms with van der Waals surface area (Å²) in [7, 11) is -3.42. The zero-order valence-electron chi connectivity index (χ0n) is 17.2. The fourth-order valence-electron chi connectivity index (χ4n) is 3.60. The van der Waals surface area contributed by atoms with Crippen LogP contribution in [0.5, 0.6) is 0 Å². The number of amides is 1. The summed E-state index contributed by atoms with van der Waals surface area (Å²) in [6.45, 7) is 3.71. The number of nitrogens with one attached hydrogen (secondary N) is 2. The van der Waals surface area contributed by atoms with Crippen molar-refractivity contribution in [3.8, 4) is 0 Å². The largest absolute Gasteiger partial charge is 0.416 e. The summed E-state index contributed by atoms with van der Waals surface area (Å²) in [4.78, 5) is 12.4. The Labute approximate surface area is 180 Å². The van der Waals surface area contributed by atoms with E-state index in [0.29, 0.717) is 12.0 Å². The van der Waals surface area contributed by atoms with E-state index in [4.69, 9.17) is 0 Å².